The first-order valence-corrected chi connectivity index (χ1v) is 7.36. The normalized spacial score (nSPS) is 11.0. The van der Waals surface area contributed by atoms with Gasteiger partial charge in [0.05, 0.1) is 10.0 Å². The van der Waals surface area contributed by atoms with E-state index in [0.717, 1.165) is 12.1 Å². The van der Waals surface area contributed by atoms with Gasteiger partial charge in [0.15, 0.2) is 0 Å². The van der Waals surface area contributed by atoms with Crippen molar-refractivity contribution in [3.05, 3.63) is 57.8 Å². The molecule has 0 bridgehead atoms. The predicted octanol–water partition coefficient (Wildman–Crippen LogP) is 5.42. The smallest absolute Gasteiger partial charge is 0.146 e. The summed E-state index contributed by atoms with van der Waals surface area (Å²) in [6, 6.07) is 9.90. The van der Waals surface area contributed by atoms with Gasteiger partial charge >= 0.3 is 0 Å². The van der Waals surface area contributed by atoms with Gasteiger partial charge in [0.1, 0.15) is 17.3 Å². The molecule has 1 N–H and O–H groups in total. The summed E-state index contributed by atoms with van der Waals surface area (Å²) in [6.45, 7) is 4.89. The first-order chi connectivity index (χ1) is 9.95. The summed E-state index contributed by atoms with van der Waals surface area (Å²) < 4.78 is 18.6. The van der Waals surface area contributed by atoms with Crippen LogP contribution in [-0.2, 0) is 6.54 Å². The fraction of sp³-hybridized carbons (Fsp3) is 0.250. The Hall–Kier alpha value is -1.29. The van der Waals surface area contributed by atoms with Gasteiger partial charge in [-0.3, -0.25) is 0 Å². The molecule has 0 spiro atoms. The van der Waals surface area contributed by atoms with Crippen LogP contribution in [0, 0.1) is 5.82 Å². The van der Waals surface area contributed by atoms with Crippen molar-refractivity contribution < 1.29 is 9.13 Å². The van der Waals surface area contributed by atoms with Crippen molar-refractivity contribution in [1.82, 2.24) is 5.32 Å². The van der Waals surface area contributed by atoms with E-state index < -0.39 is 5.82 Å². The molecule has 0 unspecified atom stereocenters. The quantitative estimate of drug-likeness (QED) is 0.791. The Balaban J connectivity index is 2.13. The number of nitrogens with one attached hydrogen (secondary N) is 1. The van der Waals surface area contributed by atoms with Crippen LogP contribution in [0.25, 0.3) is 0 Å². The monoisotopic (exact) mass is 327 g/mol. The highest BCUT2D eigenvalue weighted by Crippen LogP contribution is 2.34. The number of benzene rings is 2. The van der Waals surface area contributed by atoms with E-state index in [9.17, 15) is 4.39 Å². The molecule has 21 heavy (non-hydrogen) atoms. The Kier molecular flexibility index (Phi) is 5.45. The third kappa shape index (κ3) is 4.60. The Morgan fingerprint density at radius 3 is 2.24 bits per heavy atom. The van der Waals surface area contributed by atoms with Crippen LogP contribution in [0.4, 0.5) is 4.39 Å². The standard InChI is InChI=1S/C16H16Cl2FNO/c1-10(2)20-9-11-3-5-15(13(17)7-11)21-16-6-4-12(19)8-14(16)18/h3-8,10,20H,9H2,1-2H3. The first-order valence-electron chi connectivity index (χ1n) is 6.60. The number of hydrogen-bond acceptors (Lipinski definition) is 2. The molecular weight excluding hydrogens is 312 g/mol. The molecule has 0 saturated heterocycles. The summed E-state index contributed by atoms with van der Waals surface area (Å²) in [5, 5.41) is 4.00. The van der Waals surface area contributed by atoms with Gasteiger partial charge in [0.25, 0.3) is 0 Å². The topological polar surface area (TPSA) is 21.3 Å². The Morgan fingerprint density at radius 2 is 1.67 bits per heavy atom. The maximum absolute atomic E-state index is 13.0. The zero-order valence-electron chi connectivity index (χ0n) is 11.8. The molecule has 0 amide bonds. The number of rotatable bonds is 5. The van der Waals surface area contributed by atoms with Gasteiger partial charge in [0.2, 0.25) is 0 Å². The summed E-state index contributed by atoms with van der Waals surface area (Å²) in [7, 11) is 0. The van der Waals surface area contributed by atoms with Crippen LogP contribution in [0.3, 0.4) is 0 Å². The second-order valence-electron chi connectivity index (χ2n) is 4.98. The third-order valence-electron chi connectivity index (χ3n) is 2.82. The minimum Gasteiger partial charge on any atom is -0.454 e. The summed E-state index contributed by atoms with van der Waals surface area (Å²) in [6.07, 6.45) is 0. The number of ether oxygens (including phenoxy) is 1. The molecule has 0 heterocycles. The lowest BCUT2D eigenvalue weighted by molar-refractivity contribution is 0.480. The molecule has 0 atom stereocenters. The Labute approximate surface area is 133 Å². The molecule has 0 aliphatic heterocycles. The Morgan fingerprint density at radius 1 is 1.05 bits per heavy atom. The van der Waals surface area contributed by atoms with Crippen molar-refractivity contribution >= 4 is 23.2 Å². The largest absolute Gasteiger partial charge is 0.454 e. The molecule has 0 aromatic heterocycles. The lowest BCUT2D eigenvalue weighted by Gasteiger charge is -2.12. The van der Waals surface area contributed by atoms with Crippen molar-refractivity contribution in [2.75, 3.05) is 0 Å². The molecule has 5 heteroatoms. The van der Waals surface area contributed by atoms with Crippen LogP contribution < -0.4 is 10.1 Å². The lowest BCUT2D eigenvalue weighted by atomic mass is 10.2. The molecular formula is C16H16Cl2FNO. The maximum atomic E-state index is 13.0. The van der Waals surface area contributed by atoms with Crippen molar-refractivity contribution in [2.24, 2.45) is 0 Å². The maximum Gasteiger partial charge on any atom is 0.146 e. The second kappa shape index (κ2) is 7.12. The van der Waals surface area contributed by atoms with Gasteiger partial charge in [-0.25, -0.2) is 4.39 Å². The average molecular weight is 328 g/mol. The Bertz CT molecular complexity index is 632. The molecule has 0 aliphatic rings. The third-order valence-corrected chi connectivity index (χ3v) is 3.42. The summed E-state index contributed by atoms with van der Waals surface area (Å²) in [5.74, 6) is 0.444. The van der Waals surface area contributed by atoms with E-state index in [1.807, 2.05) is 12.1 Å². The van der Waals surface area contributed by atoms with Crippen LogP contribution in [0.5, 0.6) is 11.5 Å². The van der Waals surface area contributed by atoms with Crippen molar-refractivity contribution in [1.29, 1.82) is 0 Å². The van der Waals surface area contributed by atoms with Gasteiger partial charge in [-0.2, -0.15) is 0 Å². The lowest BCUT2D eigenvalue weighted by Crippen LogP contribution is -2.21. The zero-order chi connectivity index (χ0) is 15.4. The average Bonchev–Trinajstić information content (AvgIpc) is 2.42. The fourth-order valence-electron chi connectivity index (χ4n) is 1.74. The van der Waals surface area contributed by atoms with E-state index in [1.54, 1.807) is 6.07 Å². The van der Waals surface area contributed by atoms with Crippen molar-refractivity contribution in [3.63, 3.8) is 0 Å². The molecule has 2 rings (SSSR count). The molecule has 2 aromatic rings. The van der Waals surface area contributed by atoms with Gasteiger partial charge < -0.3 is 10.1 Å². The van der Waals surface area contributed by atoms with Crippen LogP contribution in [0.15, 0.2) is 36.4 Å². The molecule has 0 radical (unpaired) electrons. The van der Waals surface area contributed by atoms with Crippen LogP contribution >= 0.6 is 23.2 Å². The van der Waals surface area contributed by atoms with E-state index >= 15 is 0 Å². The summed E-state index contributed by atoms with van der Waals surface area (Å²) in [4.78, 5) is 0. The minimum atomic E-state index is -0.409. The van der Waals surface area contributed by atoms with E-state index in [4.69, 9.17) is 27.9 Å². The van der Waals surface area contributed by atoms with E-state index in [-0.39, 0.29) is 5.02 Å². The minimum absolute atomic E-state index is 0.205. The van der Waals surface area contributed by atoms with E-state index in [0.29, 0.717) is 22.6 Å². The van der Waals surface area contributed by atoms with E-state index in [2.05, 4.69) is 19.2 Å². The highest BCUT2D eigenvalue weighted by atomic mass is 35.5. The number of halogens is 3. The number of hydrogen-bond donors (Lipinski definition) is 1. The molecule has 112 valence electrons. The van der Waals surface area contributed by atoms with Crippen LogP contribution in [-0.4, -0.2) is 6.04 Å². The predicted molar refractivity (Wildman–Crippen MR) is 84.9 cm³/mol. The molecule has 0 saturated carbocycles. The molecule has 2 aromatic carbocycles. The van der Waals surface area contributed by atoms with Crippen LogP contribution in [0.2, 0.25) is 10.0 Å². The fourth-order valence-corrected chi connectivity index (χ4v) is 2.18. The summed E-state index contributed by atoms with van der Waals surface area (Å²) >= 11 is 12.1. The second-order valence-corrected chi connectivity index (χ2v) is 5.79. The highest BCUT2D eigenvalue weighted by Gasteiger charge is 2.08. The van der Waals surface area contributed by atoms with Crippen molar-refractivity contribution in [3.8, 4) is 11.5 Å². The SMILES string of the molecule is CC(C)NCc1ccc(Oc2ccc(F)cc2Cl)c(Cl)c1. The molecule has 0 aliphatic carbocycles. The van der Waals surface area contributed by atoms with Gasteiger partial charge in [-0.15, -0.1) is 0 Å². The van der Waals surface area contributed by atoms with E-state index in [1.165, 1.54) is 18.2 Å². The van der Waals surface area contributed by atoms with Crippen LogP contribution in [0.1, 0.15) is 19.4 Å². The van der Waals surface area contributed by atoms with Gasteiger partial charge in [-0.1, -0.05) is 43.1 Å². The molecule has 0 fully saturated rings. The molecule has 2 nitrogen and oxygen atoms in total. The van der Waals surface area contributed by atoms with Gasteiger partial charge in [-0.05, 0) is 35.9 Å². The summed E-state index contributed by atoms with van der Waals surface area (Å²) in [5.41, 5.74) is 1.06. The zero-order valence-corrected chi connectivity index (χ0v) is 13.3. The first kappa shape index (κ1) is 16.1. The van der Waals surface area contributed by atoms with Gasteiger partial charge in [0, 0.05) is 12.6 Å². The highest BCUT2D eigenvalue weighted by molar-refractivity contribution is 6.32. The van der Waals surface area contributed by atoms with Crippen molar-refractivity contribution in [2.45, 2.75) is 26.4 Å².